The van der Waals surface area contributed by atoms with E-state index in [0.717, 1.165) is 6.92 Å². The van der Waals surface area contributed by atoms with Crippen LogP contribution in [-0.2, 0) is 4.79 Å². The second kappa shape index (κ2) is 4.89. The molecule has 0 heterocycles. The van der Waals surface area contributed by atoms with Crippen LogP contribution < -0.4 is 0 Å². The minimum absolute atomic E-state index is 0.556. The molecule has 4 heteroatoms. The molecule has 0 aromatic rings. The summed E-state index contributed by atoms with van der Waals surface area (Å²) in [6, 6.07) is 0. The third-order valence-corrected chi connectivity index (χ3v) is 0. The molecule has 0 saturated heterocycles. The zero-order chi connectivity index (χ0) is 8.08. The number of halogens is 2. The maximum Gasteiger partial charge on any atom is 0.300 e. The van der Waals surface area contributed by atoms with Gasteiger partial charge in [0.25, 0.3) is 5.97 Å². The molecular formula is C5H10Cl2O2. The van der Waals surface area contributed by atoms with E-state index in [2.05, 4.69) is 0 Å². The van der Waals surface area contributed by atoms with Gasteiger partial charge >= 0.3 is 0 Å². The molecule has 0 aliphatic carbocycles. The molecule has 0 amide bonds. The van der Waals surface area contributed by atoms with Crippen LogP contribution in [0.4, 0.5) is 0 Å². The molecular weight excluding hydrogens is 163 g/mol. The van der Waals surface area contributed by atoms with E-state index in [4.69, 9.17) is 33.1 Å². The van der Waals surface area contributed by atoms with Gasteiger partial charge in [-0.25, -0.2) is 0 Å². The number of carbonyl (C=O) groups is 1. The van der Waals surface area contributed by atoms with Crippen molar-refractivity contribution in [1.29, 1.82) is 0 Å². The van der Waals surface area contributed by atoms with E-state index >= 15 is 0 Å². The van der Waals surface area contributed by atoms with Gasteiger partial charge in [-0.15, -0.1) is 23.2 Å². The predicted octanol–water partition coefficient (Wildman–Crippen LogP) is 2.29. The molecule has 0 aromatic carbocycles. The zero-order valence-electron chi connectivity index (χ0n) is 5.61. The second-order valence-corrected chi connectivity index (χ2v) is 3.93. The third kappa shape index (κ3) is 118000. The quantitative estimate of drug-likeness (QED) is 0.570. The van der Waals surface area contributed by atoms with Crippen molar-refractivity contribution in [3.05, 3.63) is 0 Å². The van der Waals surface area contributed by atoms with E-state index < -0.39 is 10.3 Å². The first-order valence-electron chi connectivity index (χ1n) is 2.31. The van der Waals surface area contributed by atoms with Crippen LogP contribution in [0.2, 0.25) is 0 Å². The van der Waals surface area contributed by atoms with Crippen LogP contribution in [0.5, 0.6) is 0 Å². The van der Waals surface area contributed by atoms with Crippen LogP contribution in [-0.4, -0.2) is 15.4 Å². The zero-order valence-corrected chi connectivity index (χ0v) is 7.12. The molecule has 0 bridgehead atoms. The van der Waals surface area contributed by atoms with Crippen LogP contribution in [0.3, 0.4) is 0 Å². The molecule has 0 unspecified atom stereocenters. The SMILES string of the molecule is CC(=O)O.CC(C)(Cl)Cl. The van der Waals surface area contributed by atoms with Crippen molar-refractivity contribution in [3.63, 3.8) is 0 Å². The third-order valence-electron chi connectivity index (χ3n) is 0. The number of hydrogen-bond donors (Lipinski definition) is 1. The number of alkyl halides is 2. The fourth-order valence-electron chi connectivity index (χ4n) is 0. The van der Waals surface area contributed by atoms with Gasteiger partial charge < -0.3 is 5.11 Å². The van der Waals surface area contributed by atoms with E-state index in [-0.39, 0.29) is 0 Å². The first-order chi connectivity index (χ1) is 3.73. The van der Waals surface area contributed by atoms with E-state index in [1.807, 2.05) is 0 Å². The van der Waals surface area contributed by atoms with Crippen molar-refractivity contribution < 1.29 is 9.90 Å². The molecule has 9 heavy (non-hydrogen) atoms. The lowest BCUT2D eigenvalue weighted by Gasteiger charge is -1.98. The average Bonchev–Trinajstić information content (AvgIpc) is 1.19. The maximum absolute atomic E-state index is 9.00. The number of carboxylic acids is 1. The molecule has 0 fully saturated rings. The Kier molecular flexibility index (Phi) is 6.40. The highest BCUT2D eigenvalue weighted by molar-refractivity contribution is 6.47. The molecule has 0 aliphatic heterocycles. The van der Waals surface area contributed by atoms with Gasteiger partial charge in [-0.3, -0.25) is 4.79 Å². The summed E-state index contributed by atoms with van der Waals surface area (Å²) >= 11 is 10.6. The first-order valence-corrected chi connectivity index (χ1v) is 3.06. The highest BCUT2D eigenvalue weighted by Crippen LogP contribution is 2.16. The van der Waals surface area contributed by atoms with Crippen molar-refractivity contribution in [2.75, 3.05) is 0 Å². The molecule has 0 rings (SSSR count). The Morgan fingerprint density at radius 2 is 1.44 bits per heavy atom. The highest BCUT2D eigenvalue weighted by atomic mass is 35.5. The molecule has 0 aliphatic rings. The summed E-state index contributed by atoms with van der Waals surface area (Å²) in [6.07, 6.45) is 0. The number of rotatable bonds is 0. The monoisotopic (exact) mass is 172 g/mol. The maximum atomic E-state index is 9.00. The Balaban J connectivity index is 0. The molecule has 2 nitrogen and oxygen atoms in total. The lowest BCUT2D eigenvalue weighted by molar-refractivity contribution is -0.134. The summed E-state index contributed by atoms with van der Waals surface area (Å²) in [4.78, 5) is 9.00. The topological polar surface area (TPSA) is 37.3 Å². The lowest BCUT2D eigenvalue weighted by atomic mass is 10.6. The Bertz CT molecular complexity index is 75.4. The molecule has 0 aromatic heterocycles. The van der Waals surface area contributed by atoms with Crippen molar-refractivity contribution in [1.82, 2.24) is 0 Å². The van der Waals surface area contributed by atoms with Gasteiger partial charge in [0.1, 0.15) is 4.33 Å². The fourth-order valence-corrected chi connectivity index (χ4v) is 0. The molecule has 0 spiro atoms. The number of hydrogen-bond acceptors (Lipinski definition) is 1. The minimum Gasteiger partial charge on any atom is -0.481 e. The van der Waals surface area contributed by atoms with Crippen LogP contribution in [0.15, 0.2) is 0 Å². The van der Waals surface area contributed by atoms with Gasteiger partial charge in [-0.1, -0.05) is 0 Å². The Morgan fingerprint density at radius 1 is 1.44 bits per heavy atom. The second-order valence-electron chi connectivity index (χ2n) is 1.85. The summed E-state index contributed by atoms with van der Waals surface area (Å²) in [6.45, 7) is 4.52. The Morgan fingerprint density at radius 3 is 1.44 bits per heavy atom. The van der Waals surface area contributed by atoms with Crippen LogP contribution >= 0.6 is 23.2 Å². The van der Waals surface area contributed by atoms with Crippen molar-refractivity contribution in [2.24, 2.45) is 0 Å². The van der Waals surface area contributed by atoms with Gasteiger partial charge in [-0.05, 0) is 13.8 Å². The van der Waals surface area contributed by atoms with E-state index in [9.17, 15) is 0 Å². The fraction of sp³-hybridized carbons (Fsp3) is 0.800. The van der Waals surface area contributed by atoms with Crippen LogP contribution in [0.1, 0.15) is 20.8 Å². The summed E-state index contributed by atoms with van der Waals surface area (Å²) in [5, 5.41) is 7.42. The predicted molar refractivity (Wildman–Crippen MR) is 39.1 cm³/mol. The number of aliphatic carboxylic acids is 1. The van der Waals surface area contributed by atoms with Gasteiger partial charge in [0.05, 0.1) is 0 Å². The van der Waals surface area contributed by atoms with Crippen molar-refractivity contribution in [3.8, 4) is 0 Å². The van der Waals surface area contributed by atoms with Crippen LogP contribution in [0, 0.1) is 0 Å². The molecule has 0 saturated carbocycles. The highest BCUT2D eigenvalue weighted by Gasteiger charge is 2.03. The van der Waals surface area contributed by atoms with Gasteiger partial charge in [0.15, 0.2) is 0 Å². The molecule has 56 valence electrons. The standard InChI is InChI=1S/C3H6Cl2.C2H4O2/c1-3(2,4)5;1-2(3)4/h1-2H3;1H3,(H,3,4). The summed E-state index contributed by atoms with van der Waals surface area (Å²) in [7, 11) is 0. The minimum atomic E-state index is -0.833. The van der Waals surface area contributed by atoms with Gasteiger partial charge in [-0.2, -0.15) is 0 Å². The summed E-state index contributed by atoms with van der Waals surface area (Å²) in [5.74, 6) is -0.833. The summed E-state index contributed by atoms with van der Waals surface area (Å²) < 4.78 is -0.556. The van der Waals surface area contributed by atoms with E-state index in [0.29, 0.717) is 0 Å². The van der Waals surface area contributed by atoms with Gasteiger partial charge in [0.2, 0.25) is 0 Å². The number of carboxylic acid groups (broad SMARTS) is 1. The molecule has 0 atom stereocenters. The lowest BCUT2D eigenvalue weighted by Crippen LogP contribution is -1.93. The molecule has 0 radical (unpaired) electrons. The smallest absolute Gasteiger partial charge is 0.300 e. The average molecular weight is 173 g/mol. The van der Waals surface area contributed by atoms with E-state index in [1.165, 1.54) is 0 Å². The Hall–Kier alpha value is 0.0500. The molecule has 1 N–H and O–H groups in total. The first kappa shape index (κ1) is 11.8. The van der Waals surface area contributed by atoms with Crippen molar-refractivity contribution >= 4 is 29.2 Å². The van der Waals surface area contributed by atoms with Gasteiger partial charge in [0, 0.05) is 6.92 Å². The largest absolute Gasteiger partial charge is 0.481 e. The van der Waals surface area contributed by atoms with E-state index in [1.54, 1.807) is 13.8 Å². The van der Waals surface area contributed by atoms with Crippen LogP contribution in [0.25, 0.3) is 0 Å². The van der Waals surface area contributed by atoms with Crippen molar-refractivity contribution in [2.45, 2.75) is 25.1 Å². The Labute approximate surface area is 64.8 Å². The normalized spacial score (nSPS) is 9.44. The summed E-state index contributed by atoms with van der Waals surface area (Å²) in [5.41, 5.74) is 0.